The molecule has 2 aromatic heterocycles. The summed E-state index contributed by atoms with van der Waals surface area (Å²) in [6.45, 7) is 0. The van der Waals surface area contributed by atoms with Gasteiger partial charge in [0.2, 0.25) is 0 Å². The van der Waals surface area contributed by atoms with Gasteiger partial charge in [0, 0.05) is 28.9 Å². The van der Waals surface area contributed by atoms with E-state index in [-0.39, 0.29) is 0 Å². The van der Waals surface area contributed by atoms with Crippen LogP contribution in [0, 0.1) is 0 Å². The van der Waals surface area contributed by atoms with E-state index in [9.17, 15) is 0 Å². The van der Waals surface area contributed by atoms with Crippen molar-refractivity contribution in [1.82, 2.24) is 15.0 Å². The van der Waals surface area contributed by atoms with Crippen molar-refractivity contribution in [2.75, 3.05) is 12.5 Å². The van der Waals surface area contributed by atoms with Crippen LogP contribution in [0.2, 0.25) is 0 Å². The van der Waals surface area contributed by atoms with Crippen molar-refractivity contribution < 1.29 is 4.74 Å². The lowest BCUT2D eigenvalue weighted by molar-refractivity contribution is 0.414. The van der Waals surface area contributed by atoms with Gasteiger partial charge in [-0.2, -0.15) is 5.10 Å². The largest absolute Gasteiger partial charge is 0.496 e. The van der Waals surface area contributed by atoms with Gasteiger partial charge in [-0.3, -0.25) is 10.4 Å². The van der Waals surface area contributed by atoms with Gasteiger partial charge in [-0.05, 0) is 36.4 Å². The van der Waals surface area contributed by atoms with Crippen LogP contribution in [0.5, 0.6) is 5.75 Å². The Morgan fingerprint density at radius 3 is 2.67 bits per heavy atom. The lowest BCUT2D eigenvalue weighted by Gasteiger charge is -2.08. The van der Waals surface area contributed by atoms with Crippen LogP contribution in [0.15, 0.2) is 78.2 Å². The highest BCUT2D eigenvalue weighted by Gasteiger charge is 2.09. The van der Waals surface area contributed by atoms with Crippen LogP contribution in [0.1, 0.15) is 5.56 Å². The van der Waals surface area contributed by atoms with Gasteiger partial charge in [0.15, 0.2) is 11.6 Å². The number of anilines is 1. The fourth-order valence-corrected chi connectivity index (χ4v) is 2.72. The minimum absolute atomic E-state index is 0.594. The molecule has 0 fully saturated rings. The van der Waals surface area contributed by atoms with Crippen LogP contribution >= 0.6 is 0 Å². The Morgan fingerprint density at radius 1 is 0.963 bits per heavy atom. The average Bonchev–Trinajstić information content (AvgIpc) is 2.74. The molecule has 0 unspecified atom stereocenters. The number of nitrogens with zero attached hydrogens (tertiary/aromatic N) is 4. The quantitative estimate of drug-likeness (QED) is 0.430. The van der Waals surface area contributed by atoms with Crippen LogP contribution in [-0.2, 0) is 0 Å². The minimum Gasteiger partial charge on any atom is -0.496 e. The summed E-state index contributed by atoms with van der Waals surface area (Å²) in [5.74, 6) is 1.98. The van der Waals surface area contributed by atoms with Gasteiger partial charge in [0.05, 0.1) is 18.8 Å². The lowest BCUT2D eigenvalue weighted by atomic mass is 10.2. The Bertz CT molecular complexity index is 1100. The standard InChI is InChI=1S/C21H17N5O/c1-27-19-11-5-2-7-15(19)14-23-26-21-17-9-3-4-10-18(17)24-20(25-21)16-8-6-12-22-13-16/h2-14H,1H3,(H,24,25,26)/b23-14-. The SMILES string of the molecule is COc1ccccc1/C=N\Nc1nc(-c2cccnc2)nc2ccccc12. The lowest BCUT2D eigenvalue weighted by Crippen LogP contribution is -2.00. The second-order valence-corrected chi connectivity index (χ2v) is 5.77. The van der Waals surface area contributed by atoms with Crippen LogP contribution in [-0.4, -0.2) is 28.3 Å². The van der Waals surface area contributed by atoms with E-state index in [0.29, 0.717) is 11.6 Å². The number of ether oxygens (including phenoxy) is 1. The highest BCUT2D eigenvalue weighted by molar-refractivity contribution is 5.91. The van der Waals surface area contributed by atoms with Crippen molar-refractivity contribution in [2.45, 2.75) is 0 Å². The number of pyridine rings is 1. The first-order valence-corrected chi connectivity index (χ1v) is 8.44. The van der Waals surface area contributed by atoms with Crippen molar-refractivity contribution in [3.8, 4) is 17.1 Å². The third kappa shape index (κ3) is 3.59. The average molecular weight is 355 g/mol. The van der Waals surface area contributed by atoms with Gasteiger partial charge in [-0.15, -0.1) is 0 Å². The van der Waals surface area contributed by atoms with Crippen LogP contribution < -0.4 is 10.2 Å². The fourth-order valence-electron chi connectivity index (χ4n) is 2.72. The summed E-state index contributed by atoms with van der Waals surface area (Å²) >= 11 is 0. The summed E-state index contributed by atoms with van der Waals surface area (Å²) in [6.07, 6.45) is 5.17. The molecule has 0 aliphatic carbocycles. The Hall–Kier alpha value is -3.80. The molecule has 27 heavy (non-hydrogen) atoms. The number of nitrogens with one attached hydrogen (secondary N) is 1. The molecule has 1 N–H and O–H groups in total. The molecule has 0 radical (unpaired) electrons. The second kappa shape index (κ2) is 7.61. The molecular weight excluding hydrogens is 338 g/mol. The highest BCUT2D eigenvalue weighted by Crippen LogP contribution is 2.24. The molecule has 0 amide bonds. The monoisotopic (exact) mass is 355 g/mol. The number of aromatic nitrogens is 3. The molecular formula is C21H17N5O. The summed E-state index contributed by atoms with van der Waals surface area (Å²) in [5.41, 5.74) is 5.60. The summed E-state index contributed by atoms with van der Waals surface area (Å²) in [6, 6.07) is 19.3. The fraction of sp³-hybridized carbons (Fsp3) is 0.0476. The van der Waals surface area contributed by atoms with Crippen LogP contribution in [0.25, 0.3) is 22.3 Å². The van der Waals surface area contributed by atoms with Crippen molar-refractivity contribution in [3.05, 3.63) is 78.6 Å². The second-order valence-electron chi connectivity index (χ2n) is 5.77. The van der Waals surface area contributed by atoms with Crippen molar-refractivity contribution in [1.29, 1.82) is 0 Å². The number of hydrogen-bond donors (Lipinski definition) is 1. The molecule has 6 heteroatoms. The number of hydrogen-bond acceptors (Lipinski definition) is 6. The molecule has 4 aromatic rings. The summed E-state index contributed by atoms with van der Waals surface area (Å²) < 4.78 is 5.34. The van der Waals surface area contributed by atoms with E-state index < -0.39 is 0 Å². The highest BCUT2D eigenvalue weighted by atomic mass is 16.5. The number of methoxy groups -OCH3 is 1. The number of rotatable bonds is 5. The Morgan fingerprint density at radius 2 is 1.81 bits per heavy atom. The summed E-state index contributed by atoms with van der Waals surface area (Å²) in [4.78, 5) is 13.4. The van der Waals surface area contributed by atoms with Gasteiger partial charge in [0.1, 0.15) is 5.75 Å². The van der Waals surface area contributed by atoms with Gasteiger partial charge in [-0.25, -0.2) is 9.97 Å². The zero-order chi connectivity index (χ0) is 18.5. The molecule has 0 saturated heterocycles. The first-order valence-electron chi connectivity index (χ1n) is 8.44. The normalized spacial score (nSPS) is 11.0. The Kier molecular flexibility index (Phi) is 4.70. The molecule has 4 rings (SSSR count). The van der Waals surface area contributed by atoms with E-state index in [1.165, 1.54) is 0 Å². The van der Waals surface area contributed by atoms with Gasteiger partial charge >= 0.3 is 0 Å². The van der Waals surface area contributed by atoms with Crippen molar-refractivity contribution >= 4 is 22.9 Å². The van der Waals surface area contributed by atoms with Gasteiger partial charge < -0.3 is 4.74 Å². The predicted molar refractivity (Wildman–Crippen MR) is 107 cm³/mol. The van der Waals surface area contributed by atoms with Crippen molar-refractivity contribution in [3.63, 3.8) is 0 Å². The van der Waals surface area contributed by atoms with E-state index in [0.717, 1.165) is 27.8 Å². The van der Waals surface area contributed by atoms with E-state index in [4.69, 9.17) is 4.74 Å². The molecule has 2 aromatic carbocycles. The number of benzene rings is 2. The van der Waals surface area contributed by atoms with E-state index >= 15 is 0 Å². The van der Waals surface area contributed by atoms with E-state index in [1.54, 1.807) is 25.7 Å². The molecule has 0 atom stereocenters. The van der Waals surface area contributed by atoms with Crippen LogP contribution in [0.3, 0.4) is 0 Å². The number of fused-ring (bicyclic) bond motifs is 1. The smallest absolute Gasteiger partial charge is 0.163 e. The predicted octanol–water partition coefficient (Wildman–Crippen LogP) is 4.15. The third-order valence-corrected chi connectivity index (χ3v) is 4.04. The molecule has 0 bridgehead atoms. The topological polar surface area (TPSA) is 72.3 Å². The van der Waals surface area contributed by atoms with E-state index in [2.05, 4.69) is 25.5 Å². The molecule has 0 aliphatic rings. The van der Waals surface area contributed by atoms with Crippen molar-refractivity contribution in [2.24, 2.45) is 5.10 Å². The van der Waals surface area contributed by atoms with Gasteiger partial charge in [0.25, 0.3) is 0 Å². The maximum Gasteiger partial charge on any atom is 0.163 e. The third-order valence-electron chi connectivity index (χ3n) is 4.04. The molecule has 0 spiro atoms. The molecule has 0 saturated carbocycles. The van der Waals surface area contributed by atoms with Crippen LogP contribution in [0.4, 0.5) is 5.82 Å². The summed E-state index contributed by atoms with van der Waals surface area (Å²) in [7, 11) is 1.64. The molecule has 2 heterocycles. The minimum atomic E-state index is 0.594. The molecule has 6 nitrogen and oxygen atoms in total. The van der Waals surface area contributed by atoms with Gasteiger partial charge in [-0.1, -0.05) is 24.3 Å². The maximum atomic E-state index is 5.34. The molecule has 132 valence electrons. The summed E-state index contributed by atoms with van der Waals surface area (Å²) in [5, 5.41) is 5.24. The van der Waals surface area contributed by atoms with E-state index in [1.807, 2.05) is 60.7 Å². The number of para-hydroxylation sites is 2. The zero-order valence-corrected chi connectivity index (χ0v) is 14.7. The first kappa shape index (κ1) is 16.7. The Labute approximate surface area is 156 Å². The molecule has 0 aliphatic heterocycles. The number of hydrazone groups is 1. The maximum absolute atomic E-state index is 5.34. The first-order chi connectivity index (χ1) is 13.3. The zero-order valence-electron chi connectivity index (χ0n) is 14.7. The Balaban J connectivity index is 1.71.